The Bertz CT molecular complexity index is 97.1. The molecule has 0 unspecified atom stereocenters. The highest BCUT2D eigenvalue weighted by molar-refractivity contribution is 5.64. The van der Waals surface area contributed by atoms with Gasteiger partial charge in [0.05, 0.1) is 0 Å². The highest BCUT2D eigenvalue weighted by Crippen LogP contribution is 1.74. The fourth-order valence-corrected chi connectivity index (χ4v) is 0.427. The summed E-state index contributed by atoms with van der Waals surface area (Å²) in [5.74, 6) is 0. The van der Waals surface area contributed by atoms with E-state index in [1.807, 2.05) is 0 Å². The second kappa shape index (κ2) is 5.51. The van der Waals surface area contributed by atoms with Gasteiger partial charge in [-0.1, -0.05) is 19.9 Å². The first kappa shape index (κ1) is 8.37. The molecule has 0 rings (SSSR count). The Hall–Kier alpha value is -0.630. The lowest BCUT2D eigenvalue weighted by Gasteiger charge is -2.02. The van der Waals surface area contributed by atoms with Crippen LogP contribution in [-0.2, 0) is 4.79 Å². The zero-order valence-electron chi connectivity index (χ0n) is 5.92. The van der Waals surface area contributed by atoms with Crippen molar-refractivity contribution in [3.05, 3.63) is 12.2 Å². The van der Waals surface area contributed by atoms with E-state index in [4.69, 9.17) is 0 Å². The maximum absolute atomic E-state index is 9.73. The van der Waals surface area contributed by atoms with Crippen molar-refractivity contribution in [2.45, 2.75) is 19.9 Å². The van der Waals surface area contributed by atoms with E-state index in [-0.39, 0.29) is 0 Å². The fourth-order valence-electron chi connectivity index (χ4n) is 0.427. The molecule has 2 heteroatoms. The zero-order chi connectivity index (χ0) is 7.11. The molecule has 52 valence electrons. The minimum atomic E-state index is 0.487. The second-order valence-electron chi connectivity index (χ2n) is 2.13. The molecule has 1 N–H and O–H groups in total. The molecule has 2 nitrogen and oxygen atoms in total. The SMILES string of the molecule is CC(C)NC/C=C/C=O. The third-order valence-corrected chi connectivity index (χ3v) is 0.859. The fraction of sp³-hybridized carbons (Fsp3) is 0.571. The molecule has 0 aliphatic carbocycles. The minimum Gasteiger partial charge on any atom is -0.311 e. The van der Waals surface area contributed by atoms with Gasteiger partial charge >= 0.3 is 0 Å². The maximum Gasteiger partial charge on any atom is 0.142 e. The van der Waals surface area contributed by atoms with E-state index in [0.29, 0.717) is 6.04 Å². The normalized spacial score (nSPS) is 11.0. The minimum absolute atomic E-state index is 0.487. The van der Waals surface area contributed by atoms with Crippen LogP contribution in [0.1, 0.15) is 13.8 Å². The number of allylic oxidation sites excluding steroid dienone is 1. The Morgan fingerprint density at radius 2 is 2.22 bits per heavy atom. The van der Waals surface area contributed by atoms with Crippen molar-refractivity contribution in [1.82, 2.24) is 5.32 Å². The standard InChI is InChI=1S/C7H13NO/c1-7(2)8-5-3-4-6-9/h3-4,6-8H,5H2,1-2H3/b4-3+. The molecule has 0 amide bonds. The summed E-state index contributed by atoms with van der Waals surface area (Å²) in [7, 11) is 0. The lowest BCUT2D eigenvalue weighted by atomic mass is 10.4. The van der Waals surface area contributed by atoms with Gasteiger partial charge in [-0.05, 0) is 6.08 Å². The maximum atomic E-state index is 9.73. The molecule has 0 aliphatic rings. The lowest BCUT2D eigenvalue weighted by molar-refractivity contribution is -0.104. The van der Waals surface area contributed by atoms with Crippen LogP contribution in [0.2, 0.25) is 0 Å². The van der Waals surface area contributed by atoms with Crippen molar-refractivity contribution in [3.8, 4) is 0 Å². The first-order chi connectivity index (χ1) is 4.27. The molecule has 0 atom stereocenters. The average molecular weight is 127 g/mol. The quantitative estimate of drug-likeness (QED) is 0.446. The van der Waals surface area contributed by atoms with Crippen LogP contribution >= 0.6 is 0 Å². The largest absolute Gasteiger partial charge is 0.311 e. The van der Waals surface area contributed by atoms with Crippen LogP contribution in [0.25, 0.3) is 0 Å². The molecule has 0 saturated heterocycles. The van der Waals surface area contributed by atoms with Gasteiger partial charge in [0.25, 0.3) is 0 Å². The summed E-state index contributed by atoms with van der Waals surface area (Å²) >= 11 is 0. The van der Waals surface area contributed by atoms with Gasteiger partial charge in [0.15, 0.2) is 0 Å². The highest BCUT2D eigenvalue weighted by atomic mass is 16.1. The first-order valence-electron chi connectivity index (χ1n) is 3.11. The molecule has 0 aromatic rings. The van der Waals surface area contributed by atoms with E-state index in [1.54, 1.807) is 6.08 Å². The van der Waals surface area contributed by atoms with Gasteiger partial charge in [0.2, 0.25) is 0 Å². The van der Waals surface area contributed by atoms with Crippen molar-refractivity contribution < 1.29 is 4.79 Å². The van der Waals surface area contributed by atoms with Gasteiger partial charge in [-0.2, -0.15) is 0 Å². The van der Waals surface area contributed by atoms with E-state index < -0.39 is 0 Å². The molecular weight excluding hydrogens is 114 g/mol. The molecule has 0 aromatic carbocycles. The third-order valence-electron chi connectivity index (χ3n) is 0.859. The Morgan fingerprint density at radius 3 is 2.67 bits per heavy atom. The Labute approximate surface area is 56.0 Å². The molecule has 0 fully saturated rings. The third kappa shape index (κ3) is 7.37. The Balaban J connectivity index is 3.08. The smallest absolute Gasteiger partial charge is 0.142 e. The number of carbonyl (C=O) groups excluding carboxylic acids is 1. The summed E-state index contributed by atoms with van der Waals surface area (Å²) < 4.78 is 0. The van der Waals surface area contributed by atoms with Gasteiger partial charge in [0, 0.05) is 12.6 Å². The molecule has 0 aromatic heterocycles. The molecule has 0 spiro atoms. The first-order valence-corrected chi connectivity index (χ1v) is 3.11. The molecule has 0 heterocycles. The van der Waals surface area contributed by atoms with Crippen LogP contribution in [0.3, 0.4) is 0 Å². The molecule has 0 bridgehead atoms. The predicted molar refractivity (Wildman–Crippen MR) is 38.3 cm³/mol. The summed E-state index contributed by atoms with van der Waals surface area (Å²) in [5.41, 5.74) is 0. The van der Waals surface area contributed by atoms with Crippen LogP contribution in [0.4, 0.5) is 0 Å². The summed E-state index contributed by atoms with van der Waals surface area (Å²) in [6, 6.07) is 0.487. The van der Waals surface area contributed by atoms with Crippen LogP contribution < -0.4 is 5.32 Å². The molecule has 9 heavy (non-hydrogen) atoms. The van der Waals surface area contributed by atoms with Crippen molar-refractivity contribution in [2.75, 3.05) is 6.54 Å². The summed E-state index contributed by atoms with van der Waals surface area (Å²) in [5, 5.41) is 3.13. The van der Waals surface area contributed by atoms with Crippen LogP contribution in [0.5, 0.6) is 0 Å². The van der Waals surface area contributed by atoms with Crippen LogP contribution in [0.15, 0.2) is 12.2 Å². The number of rotatable bonds is 4. The van der Waals surface area contributed by atoms with Crippen molar-refractivity contribution >= 4 is 6.29 Å². The van der Waals surface area contributed by atoms with E-state index in [1.165, 1.54) is 6.08 Å². The molecule has 0 radical (unpaired) electrons. The Morgan fingerprint density at radius 1 is 1.56 bits per heavy atom. The van der Waals surface area contributed by atoms with Gasteiger partial charge in [-0.15, -0.1) is 0 Å². The number of aldehydes is 1. The predicted octanol–water partition coefficient (Wildman–Crippen LogP) is 0.739. The van der Waals surface area contributed by atoms with Crippen molar-refractivity contribution in [1.29, 1.82) is 0 Å². The lowest BCUT2D eigenvalue weighted by Crippen LogP contribution is -2.22. The topological polar surface area (TPSA) is 29.1 Å². The second-order valence-corrected chi connectivity index (χ2v) is 2.13. The van der Waals surface area contributed by atoms with Crippen molar-refractivity contribution in [3.63, 3.8) is 0 Å². The number of hydrogen-bond acceptors (Lipinski definition) is 2. The number of carbonyl (C=O) groups is 1. The van der Waals surface area contributed by atoms with Crippen molar-refractivity contribution in [2.24, 2.45) is 0 Å². The van der Waals surface area contributed by atoms with Crippen LogP contribution in [-0.4, -0.2) is 18.9 Å². The summed E-state index contributed by atoms with van der Waals surface area (Å²) in [4.78, 5) is 9.73. The van der Waals surface area contributed by atoms with E-state index >= 15 is 0 Å². The number of hydrogen-bond donors (Lipinski definition) is 1. The number of nitrogens with one attached hydrogen (secondary N) is 1. The average Bonchev–Trinajstić information content (AvgIpc) is 1.80. The van der Waals surface area contributed by atoms with Gasteiger partial charge < -0.3 is 5.32 Å². The van der Waals surface area contributed by atoms with Gasteiger partial charge in [-0.25, -0.2) is 0 Å². The zero-order valence-corrected chi connectivity index (χ0v) is 5.92. The van der Waals surface area contributed by atoms with E-state index in [2.05, 4.69) is 19.2 Å². The summed E-state index contributed by atoms with van der Waals surface area (Å²) in [6.45, 7) is 4.90. The van der Waals surface area contributed by atoms with Crippen LogP contribution in [0, 0.1) is 0 Å². The Kier molecular flexibility index (Phi) is 5.12. The molecule has 0 aliphatic heterocycles. The molecule has 0 saturated carbocycles. The van der Waals surface area contributed by atoms with E-state index in [0.717, 1.165) is 12.8 Å². The van der Waals surface area contributed by atoms with Gasteiger partial charge in [0.1, 0.15) is 6.29 Å². The van der Waals surface area contributed by atoms with E-state index in [9.17, 15) is 4.79 Å². The monoisotopic (exact) mass is 127 g/mol. The molecular formula is C7H13NO. The van der Waals surface area contributed by atoms with Gasteiger partial charge in [-0.3, -0.25) is 4.79 Å². The highest BCUT2D eigenvalue weighted by Gasteiger charge is 1.84. The summed E-state index contributed by atoms with van der Waals surface area (Å²) in [6.07, 6.45) is 4.07.